The number of H-pyrrole nitrogens is 1. The molecular weight excluding hydrogens is 224 g/mol. The first kappa shape index (κ1) is 11.1. The van der Waals surface area contributed by atoms with E-state index in [1.807, 2.05) is 25.1 Å². The largest absolute Gasteiger partial charge is 0.454 e. The van der Waals surface area contributed by atoms with Crippen LogP contribution in [0.1, 0.15) is 16.8 Å². The summed E-state index contributed by atoms with van der Waals surface area (Å²) < 4.78 is 5.93. The number of benzene rings is 1. The summed E-state index contributed by atoms with van der Waals surface area (Å²) in [6.45, 7) is 4.66. The molecule has 0 spiro atoms. The minimum Gasteiger partial charge on any atom is -0.454 e. The zero-order chi connectivity index (χ0) is 12.7. The lowest BCUT2D eigenvalue weighted by Gasteiger charge is -1.93. The molecule has 0 aliphatic rings. The van der Waals surface area contributed by atoms with Crippen LogP contribution in [-0.2, 0) is 6.54 Å². The van der Waals surface area contributed by atoms with Crippen molar-refractivity contribution in [3.63, 3.8) is 0 Å². The lowest BCUT2D eigenvalue weighted by molar-refractivity contribution is 0.626. The second kappa shape index (κ2) is 4.03. The van der Waals surface area contributed by atoms with Crippen molar-refractivity contribution in [2.75, 3.05) is 0 Å². The molecular formula is C15H16N2O. The Morgan fingerprint density at radius 2 is 2.00 bits per heavy atom. The van der Waals surface area contributed by atoms with Crippen molar-refractivity contribution in [1.29, 1.82) is 0 Å². The Kier molecular flexibility index (Phi) is 2.49. The van der Waals surface area contributed by atoms with Gasteiger partial charge in [0, 0.05) is 23.2 Å². The van der Waals surface area contributed by atoms with Crippen LogP contribution in [0.3, 0.4) is 0 Å². The second-order valence-electron chi connectivity index (χ2n) is 4.59. The molecule has 0 unspecified atom stereocenters. The minimum absolute atomic E-state index is 0.543. The van der Waals surface area contributed by atoms with Crippen molar-refractivity contribution >= 4 is 11.0 Å². The summed E-state index contributed by atoms with van der Waals surface area (Å²) >= 11 is 0. The van der Waals surface area contributed by atoms with Crippen LogP contribution >= 0.6 is 0 Å². The van der Waals surface area contributed by atoms with Crippen LogP contribution in [0.2, 0.25) is 0 Å². The third kappa shape index (κ3) is 1.56. The molecule has 3 N–H and O–H groups in total. The highest BCUT2D eigenvalue weighted by Gasteiger charge is 2.14. The molecule has 0 radical (unpaired) electrons. The number of nitrogens with two attached hydrogens (primary N) is 1. The summed E-state index contributed by atoms with van der Waals surface area (Å²) in [6, 6.07) is 10.2. The summed E-state index contributed by atoms with van der Waals surface area (Å²) in [6.07, 6.45) is 0. The van der Waals surface area contributed by atoms with Crippen LogP contribution in [0.4, 0.5) is 0 Å². The van der Waals surface area contributed by atoms with Crippen LogP contribution in [0, 0.1) is 13.8 Å². The quantitative estimate of drug-likeness (QED) is 0.720. The highest BCUT2D eigenvalue weighted by molar-refractivity contribution is 5.87. The van der Waals surface area contributed by atoms with Crippen LogP contribution in [0.5, 0.6) is 0 Å². The van der Waals surface area contributed by atoms with E-state index >= 15 is 0 Å². The van der Waals surface area contributed by atoms with Gasteiger partial charge < -0.3 is 15.1 Å². The molecule has 0 aliphatic heterocycles. The molecule has 0 amide bonds. The Hall–Kier alpha value is -2.00. The van der Waals surface area contributed by atoms with Gasteiger partial charge in [0.2, 0.25) is 0 Å². The number of hydrogen-bond donors (Lipinski definition) is 2. The molecule has 18 heavy (non-hydrogen) atoms. The van der Waals surface area contributed by atoms with Crippen LogP contribution in [0.25, 0.3) is 22.4 Å². The van der Waals surface area contributed by atoms with Gasteiger partial charge in [0.25, 0.3) is 0 Å². The van der Waals surface area contributed by atoms with E-state index in [2.05, 4.69) is 24.0 Å². The lowest BCUT2D eigenvalue weighted by atomic mass is 10.1. The number of aromatic nitrogens is 1. The molecule has 92 valence electrons. The third-order valence-electron chi connectivity index (χ3n) is 3.43. The molecule has 3 nitrogen and oxygen atoms in total. The fourth-order valence-corrected chi connectivity index (χ4v) is 2.37. The van der Waals surface area contributed by atoms with Gasteiger partial charge in [0.05, 0.1) is 5.69 Å². The molecule has 1 aromatic carbocycles. The molecule has 2 heterocycles. The average Bonchev–Trinajstić information content (AvgIpc) is 2.91. The number of nitrogens with one attached hydrogen (secondary N) is 1. The Morgan fingerprint density at radius 3 is 2.67 bits per heavy atom. The number of para-hydroxylation sites is 1. The highest BCUT2D eigenvalue weighted by atomic mass is 16.3. The van der Waals surface area contributed by atoms with E-state index < -0.39 is 0 Å². The SMILES string of the molecule is Cc1[nH]c(-c2oc3ccccc3c2C)cc1CN. The summed E-state index contributed by atoms with van der Waals surface area (Å²) in [5, 5.41) is 1.16. The molecule has 0 atom stereocenters. The Labute approximate surface area is 106 Å². The molecule has 0 aliphatic carbocycles. The van der Waals surface area contributed by atoms with Gasteiger partial charge in [-0.25, -0.2) is 0 Å². The number of fused-ring (bicyclic) bond motifs is 1. The van der Waals surface area contributed by atoms with Crippen molar-refractivity contribution in [2.24, 2.45) is 5.73 Å². The topological polar surface area (TPSA) is 55.0 Å². The predicted octanol–water partition coefficient (Wildman–Crippen LogP) is 3.50. The van der Waals surface area contributed by atoms with Gasteiger partial charge in [0.15, 0.2) is 5.76 Å². The lowest BCUT2D eigenvalue weighted by Crippen LogP contribution is -1.95. The van der Waals surface area contributed by atoms with Gasteiger partial charge in [-0.1, -0.05) is 18.2 Å². The zero-order valence-electron chi connectivity index (χ0n) is 10.6. The van der Waals surface area contributed by atoms with Crippen molar-refractivity contribution in [3.05, 3.63) is 47.2 Å². The number of aryl methyl sites for hydroxylation is 2. The van der Waals surface area contributed by atoms with Crippen molar-refractivity contribution in [3.8, 4) is 11.5 Å². The summed E-state index contributed by atoms with van der Waals surface area (Å²) in [7, 11) is 0. The molecule has 0 fully saturated rings. The monoisotopic (exact) mass is 240 g/mol. The Balaban J connectivity index is 2.21. The van der Waals surface area contributed by atoms with E-state index in [1.165, 1.54) is 0 Å². The van der Waals surface area contributed by atoms with E-state index in [0.717, 1.165) is 39.2 Å². The van der Waals surface area contributed by atoms with Gasteiger partial charge in [-0.3, -0.25) is 0 Å². The maximum atomic E-state index is 5.93. The van der Waals surface area contributed by atoms with Gasteiger partial charge >= 0.3 is 0 Å². The minimum atomic E-state index is 0.543. The van der Waals surface area contributed by atoms with Crippen LogP contribution < -0.4 is 5.73 Å². The molecule has 3 aromatic rings. The van der Waals surface area contributed by atoms with E-state index in [9.17, 15) is 0 Å². The van der Waals surface area contributed by atoms with E-state index in [0.29, 0.717) is 6.54 Å². The first-order valence-electron chi connectivity index (χ1n) is 6.07. The highest BCUT2D eigenvalue weighted by Crippen LogP contribution is 2.33. The average molecular weight is 240 g/mol. The first-order valence-corrected chi connectivity index (χ1v) is 6.07. The molecule has 0 saturated heterocycles. The predicted molar refractivity (Wildman–Crippen MR) is 73.4 cm³/mol. The summed E-state index contributed by atoms with van der Waals surface area (Å²) in [4.78, 5) is 3.34. The molecule has 2 aromatic heterocycles. The fourth-order valence-electron chi connectivity index (χ4n) is 2.37. The van der Waals surface area contributed by atoms with Gasteiger partial charge in [0.1, 0.15) is 5.58 Å². The van der Waals surface area contributed by atoms with Gasteiger partial charge in [-0.05, 0) is 31.5 Å². The van der Waals surface area contributed by atoms with E-state index in [1.54, 1.807) is 0 Å². The number of rotatable bonds is 2. The van der Waals surface area contributed by atoms with Gasteiger partial charge in [-0.2, -0.15) is 0 Å². The number of aromatic amines is 1. The van der Waals surface area contributed by atoms with E-state index in [4.69, 9.17) is 10.2 Å². The number of hydrogen-bond acceptors (Lipinski definition) is 2. The smallest absolute Gasteiger partial charge is 0.154 e. The third-order valence-corrected chi connectivity index (χ3v) is 3.43. The number of furan rings is 1. The van der Waals surface area contributed by atoms with Crippen LogP contribution in [0.15, 0.2) is 34.7 Å². The van der Waals surface area contributed by atoms with Crippen molar-refractivity contribution in [1.82, 2.24) is 4.98 Å². The molecule has 3 heteroatoms. The zero-order valence-corrected chi connectivity index (χ0v) is 10.6. The van der Waals surface area contributed by atoms with Gasteiger partial charge in [-0.15, -0.1) is 0 Å². The van der Waals surface area contributed by atoms with E-state index in [-0.39, 0.29) is 0 Å². The summed E-state index contributed by atoms with van der Waals surface area (Å²) in [5.41, 5.74) is 11.0. The Bertz CT molecular complexity index is 706. The summed E-state index contributed by atoms with van der Waals surface area (Å²) in [5.74, 6) is 0.902. The fraction of sp³-hybridized carbons (Fsp3) is 0.200. The molecule has 0 bridgehead atoms. The first-order chi connectivity index (χ1) is 8.70. The van der Waals surface area contributed by atoms with Crippen molar-refractivity contribution < 1.29 is 4.42 Å². The second-order valence-corrected chi connectivity index (χ2v) is 4.59. The van der Waals surface area contributed by atoms with Crippen LogP contribution in [-0.4, -0.2) is 4.98 Å². The molecule has 0 saturated carbocycles. The normalized spacial score (nSPS) is 11.3. The maximum Gasteiger partial charge on any atom is 0.154 e. The molecule has 3 rings (SSSR count). The Morgan fingerprint density at radius 1 is 1.22 bits per heavy atom. The maximum absolute atomic E-state index is 5.93. The standard InChI is InChI=1S/C15H16N2O/c1-9-12-5-3-4-6-14(12)18-15(9)13-7-11(8-16)10(2)17-13/h3-7,17H,8,16H2,1-2H3. The van der Waals surface area contributed by atoms with Crippen molar-refractivity contribution in [2.45, 2.75) is 20.4 Å².